The molecule has 33 heavy (non-hydrogen) atoms. The minimum absolute atomic E-state index is 0.163. The molecule has 0 atom stereocenters. The van der Waals surface area contributed by atoms with Gasteiger partial charge in [0.15, 0.2) is 17.1 Å². The zero-order valence-electron chi connectivity index (χ0n) is 18.4. The molecular weight excluding hydrogens is 422 g/mol. The van der Waals surface area contributed by atoms with Crippen LogP contribution in [-0.4, -0.2) is 51.7 Å². The minimum atomic E-state index is -0.164. The Kier molecular flexibility index (Phi) is 4.34. The third-order valence-corrected chi connectivity index (χ3v) is 6.21. The molecule has 6 heterocycles. The number of aromatic nitrogens is 7. The molecule has 5 aromatic heterocycles. The summed E-state index contributed by atoms with van der Waals surface area (Å²) in [5.74, 6) is 1.07. The minimum Gasteiger partial charge on any atom is -0.461 e. The molecule has 0 radical (unpaired) electrons. The molecule has 1 aliphatic rings. The molecule has 168 valence electrons. The Hall–Kier alpha value is -3.99. The van der Waals surface area contributed by atoms with Crippen LogP contribution in [0.4, 0.5) is 5.95 Å². The highest BCUT2D eigenvalue weighted by Crippen LogP contribution is 2.23. The van der Waals surface area contributed by atoms with Gasteiger partial charge >= 0.3 is 5.69 Å². The third kappa shape index (κ3) is 3.11. The van der Waals surface area contributed by atoms with Gasteiger partial charge in [0.1, 0.15) is 5.52 Å². The first-order valence-electron chi connectivity index (χ1n) is 10.8. The van der Waals surface area contributed by atoms with Gasteiger partial charge < -0.3 is 10.2 Å². The van der Waals surface area contributed by atoms with Crippen molar-refractivity contribution < 1.29 is 4.42 Å². The summed E-state index contributed by atoms with van der Waals surface area (Å²) >= 11 is 0. The molecule has 0 aliphatic carbocycles. The van der Waals surface area contributed by atoms with Gasteiger partial charge in [0.05, 0.1) is 6.26 Å². The number of furan rings is 1. The fourth-order valence-electron chi connectivity index (χ4n) is 4.54. The molecule has 0 saturated heterocycles. The van der Waals surface area contributed by atoms with Crippen molar-refractivity contribution in [3.05, 3.63) is 58.0 Å². The van der Waals surface area contributed by atoms with E-state index in [4.69, 9.17) is 10.2 Å². The van der Waals surface area contributed by atoms with Crippen molar-refractivity contribution in [1.82, 2.24) is 38.6 Å². The van der Waals surface area contributed by atoms with Crippen LogP contribution in [0.2, 0.25) is 0 Å². The summed E-state index contributed by atoms with van der Waals surface area (Å²) < 4.78 is 10.1. The first kappa shape index (κ1) is 19.7. The van der Waals surface area contributed by atoms with Crippen LogP contribution in [0.15, 0.2) is 39.9 Å². The van der Waals surface area contributed by atoms with Crippen LogP contribution >= 0.6 is 0 Å². The summed E-state index contributed by atoms with van der Waals surface area (Å²) in [5, 5.41) is 4.42. The fourth-order valence-corrected chi connectivity index (χ4v) is 4.54. The average Bonchev–Trinajstić information content (AvgIpc) is 3.52. The number of hydrogen-bond donors (Lipinski definition) is 1. The lowest BCUT2D eigenvalue weighted by Gasteiger charge is -2.28. The van der Waals surface area contributed by atoms with Gasteiger partial charge in [-0.05, 0) is 30.2 Å². The van der Waals surface area contributed by atoms with Crippen LogP contribution in [-0.2, 0) is 26.6 Å². The van der Waals surface area contributed by atoms with Crippen molar-refractivity contribution in [3.63, 3.8) is 0 Å². The summed E-state index contributed by atoms with van der Waals surface area (Å²) in [6.07, 6.45) is 4.38. The monoisotopic (exact) mass is 445 g/mol. The van der Waals surface area contributed by atoms with Crippen LogP contribution in [0.1, 0.15) is 16.8 Å². The Balaban J connectivity index is 1.36. The number of anilines is 1. The predicted molar refractivity (Wildman–Crippen MR) is 122 cm³/mol. The van der Waals surface area contributed by atoms with Gasteiger partial charge in [-0.2, -0.15) is 9.50 Å². The van der Waals surface area contributed by atoms with Crippen molar-refractivity contribution >= 4 is 22.8 Å². The maximum absolute atomic E-state index is 13.1. The molecule has 0 saturated carbocycles. The van der Waals surface area contributed by atoms with Gasteiger partial charge in [-0.15, -0.1) is 5.10 Å². The smallest absolute Gasteiger partial charge is 0.330 e. The van der Waals surface area contributed by atoms with E-state index in [0.717, 1.165) is 30.8 Å². The maximum Gasteiger partial charge on any atom is 0.330 e. The van der Waals surface area contributed by atoms with Crippen LogP contribution in [0.25, 0.3) is 28.4 Å². The highest BCUT2D eigenvalue weighted by Gasteiger charge is 2.23. The lowest BCUT2D eigenvalue weighted by Crippen LogP contribution is -2.35. The SMILES string of the molecule is Cc1cnc2c(c1)CN(CCn1c(=O)n(C)c3c1nc(N)n1nc(-c4ccco4)nc31)CC2. The third-order valence-electron chi connectivity index (χ3n) is 6.21. The molecule has 0 aromatic carbocycles. The number of nitrogen functional groups attached to an aromatic ring is 1. The van der Waals surface area contributed by atoms with Crippen molar-refractivity contribution in [2.45, 2.75) is 26.4 Å². The number of fused-ring (bicyclic) bond motifs is 4. The Morgan fingerprint density at radius 3 is 2.91 bits per heavy atom. The average molecular weight is 445 g/mol. The highest BCUT2D eigenvalue weighted by molar-refractivity contribution is 5.88. The molecule has 1 aliphatic heterocycles. The summed E-state index contributed by atoms with van der Waals surface area (Å²) in [6, 6.07) is 5.73. The Labute approximate surface area is 188 Å². The van der Waals surface area contributed by atoms with Gasteiger partial charge in [0, 0.05) is 51.5 Å². The fraction of sp³-hybridized carbons (Fsp3) is 0.318. The van der Waals surface area contributed by atoms with E-state index in [0.29, 0.717) is 41.5 Å². The van der Waals surface area contributed by atoms with Crippen molar-refractivity contribution in [2.75, 3.05) is 18.8 Å². The van der Waals surface area contributed by atoms with Crippen LogP contribution in [0.3, 0.4) is 0 Å². The summed E-state index contributed by atoms with van der Waals surface area (Å²) in [5.41, 5.74) is 11.2. The zero-order chi connectivity index (χ0) is 22.7. The lowest BCUT2D eigenvalue weighted by molar-refractivity contribution is 0.241. The van der Waals surface area contributed by atoms with E-state index in [1.54, 1.807) is 34.6 Å². The van der Waals surface area contributed by atoms with E-state index in [2.05, 4.69) is 37.9 Å². The molecule has 5 aromatic rings. The van der Waals surface area contributed by atoms with Crippen LogP contribution in [0, 0.1) is 6.92 Å². The van der Waals surface area contributed by atoms with E-state index >= 15 is 0 Å². The molecule has 6 rings (SSSR count). The van der Waals surface area contributed by atoms with E-state index in [1.165, 1.54) is 10.1 Å². The molecule has 0 bridgehead atoms. The molecular formula is C22H23N9O2. The van der Waals surface area contributed by atoms with E-state index in [-0.39, 0.29) is 11.6 Å². The van der Waals surface area contributed by atoms with Crippen molar-refractivity contribution in [3.8, 4) is 11.6 Å². The maximum atomic E-state index is 13.1. The quantitative estimate of drug-likeness (QED) is 0.440. The number of pyridine rings is 1. The molecule has 0 amide bonds. The Morgan fingerprint density at radius 1 is 1.21 bits per heavy atom. The summed E-state index contributed by atoms with van der Waals surface area (Å²) in [6.45, 7) is 4.98. The zero-order valence-corrected chi connectivity index (χ0v) is 18.4. The number of rotatable bonds is 4. The second kappa shape index (κ2) is 7.27. The first-order chi connectivity index (χ1) is 16.0. The molecule has 0 fully saturated rings. The standard InChI is InChI=1S/C22H23N9O2/c1-13-10-14-12-29(6-5-15(14)24-11-13)7-8-30-19-17(28(2)22(30)32)20-25-18(16-4-3-9-33-16)27-31(20)21(23)26-19/h3-4,9-11H,5-8,12H2,1-2H3,(H2,23,26). The number of hydrogen-bond acceptors (Lipinski definition) is 8. The molecule has 0 spiro atoms. The first-order valence-corrected chi connectivity index (χ1v) is 10.8. The van der Waals surface area contributed by atoms with E-state index < -0.39 is 0 Å². The van der Waals surface area contributed by atoms with Gasteiger partial charge in [0.25, 0.3) is 0 Å². The summed E-state index contributed by atoms with van der Waals surface area (Å²) in [7, 11) is 1.71. The lowest BCUT2D eigenvalue weighted by atomic mass is 10.0. The van der Waals surface area contributed by atoms with Gasteiger partial charge in [-0.3, -0.25) is 19.0 Å². The van der Waals surface area contributed by atoms with Gasteiger partial charge in [0.2, 0.25) is 11.8 Å². The number of nitrogens with zero attached hydrogens (tertiary/aromatic N) is 8. The second-order valence-corrected chi connectivity index (χ2v) is 8.43. The second-order valence-electron chi connectivity index (χ2n) is 8.43. The normalized spacial score (nSPS) is 14.4. The van der Waals surface area contributed by atoms with Crippen molar-refractivity contribution in [1.29, 1.82) is 0 Å². The van der Waals surface area contributed by atoms with Crippen molar-refractivity contribution in [2.24, 2.45) is 7.05 Å². The van der Waals surface area contributed by atoms with Gasteiger partial charge in [-0.25, -0.2) is 9.78 Å². The number of nitrogens with two attached hydrogens (primary N) is 1. The number of imidazole rings is 1. The Morgan fingerprint density at radius 2 is 2.09 bits per heavy atom. The Bertz CT molecular complexity index is 1560. The summed E-state index contributed by atoms with van der Waals surface area (Å²) in [4.78, 5) is 29.1. The number of aryl methyl sites for hydroxylation is 2. The van der Waals surface area contributed by atoms with Gasteiger partial charge in [-0.1, -0.05) is 6.07 Å². The molecule has 11 nitrogen and oxygen atoms in total. The predicted octanol–water partition coefficient (Wildman–Crippen LogP) is 1.38. The van der Waals surface area contributed by atoms with E-state index in [1.807, 2.05) is 6.20 Å². The van der Waals surface area contributed by atoms with Crippen LogP contribution < -0.4 is 11.4 Å². The molecule has 0 unspecified atom stereocenters. The largest absolute Gasteiger partial charge is 0.461 e. The highest BCUT2D eigenvalue weighted by atomic mass is 16.3. The van der Waals surface area contributed by atoms with Crippen LogP contribution in [0.5, 0.6) is 0 Å². The molecule has 2 N–H and O–H groups in total. The van der Waals surface area contributed by atoms with E-state index in [9.17, 15) is 4.79 Å². The molecule has 11 heteroatoms. The topological polar surface area (TPSA) is 125 Å².